The predicted octanol–water partition coefficient (Wildman–Crippen LogP) is 2.21. The lowest BCUT2D eigenvalue weighted by Crippen LogP contribution is -2.44. The van der Waals surface area contributed by atoms with Crippen LogP contribution in [0.15, 0.2) is 11.1 Å². The molecule has 2 rings (SSSR count). The number of carboxylic acid groups (broad SMARTS) is 1. The van der Waals surface area contributed by atoms with Crippen LogP contribution in [0.1, 0.15) is 39.0 Å². The second-order valence-electron chi connectivity index (χ2n) is 5.51. The molecule has 4 atom stereocenters. The van der Waals surface area contributed by atoms with Gasteiger partial charge in [-0.2, -0.15) is 0 Å². The molecular weight excluding hydrogens is 228 g/mol. The average Bonchev–Trinajstić information content (AvgIpc) is 2.29. The van der Waals surface area contributed by atoms with Crippen LogP contribution in [0.4, 0.5) is 0 Å². The van der Waals surface area contributed by atoms with E-state index in [0.29, 0.717) is 18.3 Å². The van der Waals surface area contributed by atoms with Crippen molar-refractivity contribution in [1.29, 1.82) is 0 Å². The zero-order chi connectivity index (χ0) is 13.3. The third kappa shape index (κ3) is 2.30. The number of aliphatic hydroxyl groups is 1. The number of carbonyl (C=O) groups is 1. The lowest BCUT2D eigenvalue weighted by molar-refractivity contribution is -0.136. The zero-order valence-corrected chi connectivity index (χ0v) is 10.7. The van der Waals surface area contributed by atoms with Crippen molar-refractivity contribution in [2.24, 2.45) is 17.8 Å². The summed E-state index contributed by atoms with van der Waals surface area (Å²) in [5.74, 6) is 2.87. The molecule has 4 unspecified atom stereocenters. The van der Waals surface area contributed by atoms with E-state index in [1.807, 2.05) is 6.92 Å². The fourth-order valence-corrected chi connectivity index (χ4v) is 3.41. The Morgan fingerprint density at radius 2 is 2.17 bits per heavy atom. The van der Waals surface area contributed by atoms with Gasteiger partial charge in [0.2, 0.25) is 0 Å². The van der Waals surface area contributed by atoms with E-state index in [1.165, 1.54) is 11.1 Å². The van der Waals surface area contributed by atoms with Crippen molar-refractivity contribution in [3.8, 4) is 12.3 Å². The normalized spacial score (nSPS) is 37.2. The topological polar surface area (TPSA) is 57.5 Å². The third-order valence-electron chi connectivity index (χ3n) is 4.52. The highest BCUT2D eigenvalue weighted by Crippen LogP contribution is 2.52. The summed E-state index contributed by atoms with van der Waals surface area (Å²) in [6.45, 7) is 2.03. The minimum Gasteiger partial charge on any atom is -0.481 e. The number of rotatable bonds is 3. The summed E-state index contributed by atoms with van der Waals surface area (Å²) >= 11 is 0. The van der Waals surface area contributed by atoms with Crippen molar-refractivity contribution < 1.29 is 15.0 Å². The summed E-state index contributed by atoms with van der Waals surface area (Å²) in [4.78, 5) is 10.6. The van der Waals surface area contributed by atoms with Crippen LogP contribution in [0.2, 0.25) is 0 Å². The maximum atomic E-state index is 10.6. The van der Waals surface area contributed by atoms with Crippen molar-refractivity contribution in [3.63, 3.8) is 0 Å². The van der Waals surface area contributed by atoms with E-state index in [1.54, 1.807) is 0 Å². The monoisotopic (exact) mass is 248 g/mol. The predicted molar refractivity (Wildman–Crippen MR) is 68.7 cm³/mol. The SMILES string of the molecule is C#CC1C(O)CCC2/C(=C(/C)CCC(=O)O)CC21. The van der Waals surface area contributed by atoms with Crippen LogP contribution in [-0.4, -0.2) is 22.3 Å². The summed E-state index contributed by atoms with van der Waals surface area (Å²) in [6, 6.07) is 0. The number of aliphatic hydroxyl groups excluding tert-OH is 1. The van der Waals surface area contributed by atoms with E-state index in [0.717, 1.165) is 19.3 Å². The highest BCUT2D eigenvalue weighted by Gasteiger charge is 2.46. The minimum atomic E-state index is -0.744. The molecule has 0 spiro atoms. The van der Waals surface area contributed by atoms with Gasteiger partial charge in [-0.15, -0.1) is 12.3 Å². The molecule has 0 aliphatic heterocycles. The molecular formula is C15H20O3. The van der Waals surface area contributed by atoms with Gasteiger partial charge in [0.05, 0.1) is 6.10 Å². The van der Waals surface area contributed by atoms with Crippen LogP contribution in [-0.2, 0) is 4.79 Å². The number of hydrogen-bond acceptors (Lipinski definition) is 2. The molecule has 0 radical (unpaired) electrons. The Labute approximate surface area is 108 Å². The number of aliphatic carboxylic acids is 1. The highest BCUT2D eigenvalue weighted by atomic mass is 16.4. The number of terminal acetylenes is 1. The van der Waals surface area contributed by atoms with Gasteiger partial charge in [-0.05, 0) is 44.4 Å². The first-order valence-corrected chi connectivity index (χ1v) is 6.59. The Kier molecular flexibility index (Phi) is 3.77. The number of carboxylic acids is 1. The molecule has 18 heavy (non-hydrogen) atoms. The van der Waals surface area contributed by atoms with Gasteiger partial charge in [-0.1, -0.05) is 11.1 Å². The van der Waals surface area contributed by atoms with E-state index >= 15 is 0 Å². The van der Waals surface area contributed by atoms with Gasteiger partial charge in [0, 0.05) is 12.3 Å². The Morgan fingerprint density at radius 3 is 2.78 bits per heavy atom. The van der Waals surface area contributed by atoms with Gasteiger partial charge in [-0.25, -0.2) is 0 Å². The summed E-state index contributed by atoms with van der Waals surface area (Å²) < 4.78 is 0. The molecule has 0 bridgehead atoms. The van der Waals surface area contributed by atoms with Gasteiger partial charge in [-0.3, -0.25) is 4.79 Å². The van der Waals surface area contributed by atoms with Gasteiger partial charge in [0.25, 0.3) is 0 Å². The van der Waals surface area contributed by atoms with Crippen LogP contribution >= 0.6 is 0 Å². The van der Waals surface area contributed by atoms with E-state index in [-0.39, 0.29) is 18.4 Å². The van der Waals surface area contributed by atoms with Crippen LogP contribution in [0.5, 0.6) is 0 Å². The van der Waals surface area contributed by atoms with E-state index in [2.05, 4.69) is 5.92 Å². The largest absolute Gasteiger partial charge is 0.481 e. The van der Waals surface area contributed by atoms with Gasteiger partial charge < -0.3 is 10.2 Å². The molecule has 0 aromatic carbocycles. The van der Waals surface area contributed by atoms with E-state index in [4.69, 9.17) is 11.5 Å². The average molecular weight is 248 g/mol. The highest BCUT2D eigenvalue weighted by molar-refractivity contribution is 5.67. The van der Waals surface area contributed by atoms with Crippen molar-refractivity contribution in [3.05, 3.63) is 11.1 Å². The van der Waals surface area contributed by atoms with Crippen molar-refractivity contribution in [2.45, 2.75) is 45.1 Å². The quantitative estimate of drug-likeness (QED) is 0.594. The van der Waals surface area contributed by atoms with Crippen molar-refractivity contribution >= 4 is 5.97 Å². The van der Waals surface area contributed by atoms with Crippen molar-refractivity contribution in [2.75, 3.05) is 0 Å². The molecule has 3 nitrogen and oxygen atoms in total. The lowest BCUT2D eigenvalue weighted by Gasteiger charge is -2.49. The van der Waals surface area contributed by atoms with Crippen molar-refractivity contribution in [1.82, 2.24) is 0 Å². The standard InChI is InChI=1S/C15H20O3/c1-3-10-13-8-12(9(2)4-7-15(17)18)11(13)5-6-14(10)16/h1,10-11,13-14,16H,4-8H2,2H3,(H,17,18)/b12-9-. The summed E-state index contributed by atoms with van der Waals surface area (Å²) in [7, 11) is 0. The van der Waals surface area contributed by atoms with E-state index in [9.17, 15) is 9.90 Å². The molecule has 2 aliphatic carbocycles. The first-order chi connectivity index (χ1) is 8.54. The molecule has 2 aliphatic rings. The smallest absolute Gasteiger partial charge is 0.303 e. The fraction of sp³-hybridized carbons (Fsp3) is 0.667. The molecule has 0 amide bonds. The van der Waals surface area contributed by atoms with Crippen LogP contribution in [0.25, 0.3) is 0 Å². The minimum absolute atomic E-state index is 0.0141. The first kappa shape index (κ1) is 13.2. The van der Waals surface area contributed by atoms with Gasteiger partial charge in [0.1, 0.15) is 0 Å². The van der Waals surface area contributed by atoms with E-state index < -0.39 is 5.97 Å². The third-order valence-corrected chi connectivity index (χ3v) is 4.52. The zero-order valence-electron chi connectivity index (χ0n) is 10.7. The van der Waals surface area contributed by atoms with Crippen LogP contribution in [0.3, 0.4) is 0 Å². The molecule has 0 saturated heterocycles. The molecule has 0 aromatic heterocycles. The van der Waals surface area contributed by atoms with Crippen LogP contribution < -0.4 is 0 Å². The Morgan fingerprint density at radius 1 is 1.44 bits per heavy atom. The molecule has 3 heteroatoms. The lowest BCUT2D eigenvalue weighted by atomic mass is 9.56. The number of hydrogen-bond donors (Lipinski definition) is 2. The second kappa shape index (κ2) is 5.16. The molecule has 2 saturated carbocycles. The van der Waals surface area contributed by atoms with Gasteiger partial charge >= 0.3 is 5.97 Å². The summed E-state index contributed by atoms with van der Waals surface area (Å²) in [5, 5.41) is 18.6. The molecule has 98 valence electrons. The second-order valence-corrected chi connectivity index (χ2v) is 5.51. The molecule has 2 N–H and O–H groups in total. The van der Waals surface area contributed by atoms with Gasteiger partial charge in [0.15, 0.2) is 0 Å². The summed E-state index contributed by atoms with van der Waals surface area (Å²) in [6.07, 6.45) is 8.69. The number of allylic oxidation sites excluding steroid dienone is 2. The molecule has 0 aromatic rings. The Balaban J connectivity index is 2.02. The number of fused-ring (bicyclic) bond motifs is 1. The fourth-order valence-electron chi connectivity index (χ4n) is 3.41. The Hall–Kier alpha value is -1.27. The Bertz CT molecular complexity index is 416. The van der Waals surface area contributed by atoms with Crippen LogP contribution in [0, 0.1) is 30.1 Å². The maximum absolute atomic E-state index is 10.6. The first-order valence-electron chi connectivity index (χ1n) is 6.59. The molecule has 2 fully saturated rings. The molecule has 0 heterocycles. The maximum Gasteiger partial charge on any atom is 0.303 e. The summed E-state index contributed by atoms with van der Waals surface area (Å²) in [5.41, 5.74) is 2.61.